The number of rotatable bonds is 10. The molecule has 3 rings (SSSR count). The number of nitrogens with one attached hydrogen (secondary N) is 1. The van der Waals surface area contributed by atoms with E-state index in [1.54, 1.807) is 50.2 Å². The Morgan fingerprint density at radius 1 is 1.00 bits per heavy atom. The molecule has 38 heavy (non-hydrogen) atoms. The van der Waals surface area contributed by atoms with Crippen LogP contribution < -0.4 is 9.62 Å². The Kier molecular flexibility index (Phi) is 9.76. The molecule has 3 aromatic carbocycles. The van der Waals surface area contributed by atoms with Gasteiger partial charge in [0, 0.05) is 23.1 Å². The summed E-state index contributed by atoms with van der Waals surface area (Å²) in [4.78, 5) is 27.6. The summed E-state index contributed by atoms with van der Waals surface area (Å²) in [6.45, 7) is 4.82. The van der Waals surface area contributed by atoms with Crippen LogP contribution in [-0.2, 0) is 26.2 Å². The smallest absolute Gasteiger partial charge is 0.264 e. The van der Waals surface area contributed by atoms with Crippen LogP contribution in [0, 0.1) is 12.7 Å². The van der Waals surface area contributed by atoms with Crippen molar-refractivity contribution < 1.29 is 22.4 Å². The van der Waals surface area contributed by atoms with Gasteiger partial charge in [0.05, 0.1) is 10.6 Å². The molecule has 0 saturated carbocycles. The molecule has 0 radical (unpaired) electrons. The Bertz CT molecular complexity index is 1400. The standard InChI is InChI=1S/C27H28Cl2FN3O4S/c1-4-31-27(35)19(3)32(16-20-7-8-21(28)15-25(20)29)26(34)17-33(23-11-5-18(2)6-12-23)38(36,37)24-13-9-22(30)10-14-24/h5-15,19H,4,16-17H2,1-3H3,(H,31,35)/t19-/m1/s1. The fraction of sp³-hybridized carbons (Fsp3) is 0.259. The molecule has 0 aliphatic heterocycles. The number of aryl methyl sites for hydroxylation is 1. The maximum atomic E-state index is 13.8. The van der Waals surface area contributed by atoms with Crippen molar-refractivity contribution in [3.8, 4) is 0 Å². The molecule has 0 spiro atoms. The first kappa shape index (κ1) is 29.4. The highest BCUT2D eigenvalue weighted by atomic mass is 35.5. The van der Waals surface area contributed by atoms with E-state index < -0.39 is 40.2 Å². The number of amides is 2. The molecule has 0 aliphatic carbocycles. The van der Waals surface area contributed by atoms with E-state index in [4.69, 9.17) is 23.2 Å². The second-order valence-corrected chi connectivity index (χ2v) is 11.3. The van der Waals surface area contributed by atoms with Crippen molar-refractivity contribution in [1.82, 2.24) is 10.2 Å². The van der Waals surface area contributed by atoms with Gasteiger partial charge >= 0.3 is 0 Å². The van der Waals surface area contributed by atoms with Crippen LogP contribution in [0.15, 0.2) is 71.6 Å². The van der Waals surface area contributed by atoms with Crippen LogP contribution in [0.2, 0.25) is 10.0 Å². The van der Waals surface area contributed by atoms with Gasteiger partial charge in [-0.25, -0.2) is 12.8 Å². The van der Waals surface area contributed by atoms with Gasteiger partial charge in [0.15, 0.2) is 0 Å². The minimum Gasteiger partial charge on any atom is -0.355 e. The van der Waals surface area contributed by atoms with Crippen LogP contribution in [0.4, 0.5) is 10.1 Å². The summed E-state index contributed by atoms with van der Waals surface area (Å²) in [5.74, 6) is -1.64. The van der Waals surface area contributed by atoms with Crippen LogP contribution in [0.5, 0.6) is 0 Å². The summed E-state index contributed by atoms with van der Waals surface area (Å²) in [5, 5.41) is 3.39. The van der Waals surface area contributed by atoms with E-state index in [9.17, 15) is 22.4 Å². The van der Waals surface area contributed by atoms with E-state index in [1.165, 1.54) is 11.0 Å². The molecule has 7 nitrogen and oxygen atoms in total. The van der Waals surface area contributed by atoms with Crippen LogP contribution in [-0.4, -0.2) is 44.3 Å². The second kappa shape index (κ2) is 12.6. The van der Waals surface area contributed by atoms with E-state index in [0.717, 1.165) is 34.1 Å². The van der Waals surface area contributed by atoms with Crippen molar-refractivity contribution in [2.45, 2.75) is 38.3 Å². The zero-order valence-electron chi connectivity index (χ0n) is 21.1. The first-order valence-corrected chi connectivity index (χ1v) is 14.0. The molecule has 0 aromatic heterocycles. The molecule has 0 saturated heterocycles. The highest BCUT2D eigenvalue weighted by molar-refractivity contribution is 7.92. The molecular formula is C27H28Cl2FN3O4S. The van der Waals surface area contributed by atoms with Crippen LogP contribution in [0.1, 0.15) is 25.0 Å². The lowest BCUT2D eigenvalue weighted by Crippen LogP contribution is -2.51. The van der Waals surface area contributed by atoms with E-state index in [1.807, 2.05) is 6.92 Å². The second-order valence-electron chi connectivity index (χ2n) is 8.63. The summed E-state index contributed by atoms with van der Waals surface area (Å²) in [6, 6.07) is 14.8. The number of sulfonamides is 1. The number of hydrogen-bond donors (Lipinski definition) is 1. The normalized spacial score (nSPS) is 12.1. The SMILES string of the molecule is CCNC(=O)[C@@H](C)N(Cc1ccc(Cl)cc1Cl)C(=O)CN(c1ccc(C)cc1)S(=O)(=O)c1ccc(F)cc1. The largest absolute Gasteiger partial charge is 0.355 e. The van der Waals surface area contributed by atoms with E-state index in [2.05, 4.69) is 5.32 Å². The number of halogens is 3. The highest BCUT2D eigenvalue weighted by Gasteiger charge is 2.32. The first-order valence-electron chi connectivity index (χ1n) is 11.8. The van der Waals surface area contributed by atoms with Gasteiger partial charge in [-0.3, -0.25) is 13.9 Å². The van der Waals surface area contributed by atoms with Crippen molar-refractivity contribution in [1.29, 1.82) is 0 Å². The number of anilines is 1. The highest BCUT2D eigenvalue weighted by Crippen LogP contribution is 2.27. The molecule has 0 aliphatic rings. The molecule has 3 aromatic rings. The van der Waals surface area contributed by atoms with Crippen LogP contribution >= 0.6 is 23.2 Å². The van der Waals surface area contributed by atoms with E-state index in [-0.39, 0.29) is 17.1 Å². The van der Waals surface area contributed by atoms with Crippen molar-refractivity contribution in [2.75, 3.05) is 17.4 Å². The Morgan fingerprint density at radius 2 is 1.63 bits per heavy atom. The molecule has 0 heterocycles. The number of benzene rings is 3. The van der Waals surface area contributed by atoms with Crippen LogP contribution in [0.3, 0.4) is 0 Å². The van der Waals surface area contributed by atoms with Gasteiger partial charge in [-0.2, -0.15) is 0 Å². The molecule has 0 unspecified atom stereocenters. The van der Waals surface area contributed by atoms with E-state index >= 15 is 0 Å². The first-order chi connectivity index (χ1) is 17.9. The number of carbonyl (C=O) groups is 2. The maximum absolute atomic E-state index is 13.8. The molecule has 1 atom stereocenters. The molecule has 2 amide bonds. The van der Waals surface area contributed by atoms with E-state index in [0.29, 0.717) is 22.2 Å². The average Bonchev–Trinajstić information content (AvgIpc) is 2.87. The number of nitrogens with zero attached hydrogens (tertiary/aromatic N) is 2. The van der Waals surface area contributed by atoms with Gasteiger partial charge in [-0.15, -0.1) is 0 Å². The van der Waals surface area contributed by atoms with Crippen molar-refractivity contribution in [3.05, 3.63) is 93.7 Å². The monoisotopic (exact) mass is 579 g/mol. The number of likely N-dealkylation sites (N-methyl/N-ethyl adjacent to an activating group) is 1. The predicted octanol–water partition coefficient (Wildman–Crippen LogP) is 5.19. The third-order valence-electron chi connectivity index (χ3n) is 5.88. The summed E-state index contributed by atoms with van der Waals surface area (Å²) < 4.78 is 41.8. The topological polar surface area (TPSA) is 86.8 Å². The summed E-state index contributed by atoms with van der Waals surface area (Å²) >= 11 is 12.4. The predicted molar refractivity (Wildman–Crippen MR) is 147 cm³/mol. The van der Waals surface area contributed by atoms with Crippen molar-refractivity contribution in [2.24, 2.45) is 0 Å². The fourth-order valence-electron chi connectivity index (χ4n) is 3.71. The van der Waals surface area contributed by atoms with Crippen LogP contribution in [0.25, 0.3) is 0 Å². The Morgan fingerprint density at radius 3 is 2.21 bits per heavy atom. The zero-order valence-corrected chi connectivity index (χ0v) is 23.4. The summed E-state index contributed by atoms with van der Waals surface area (Å²) in [6.07, 6.45) is 0. The van der Waals surface area contributed by atoms with Gasteiger partial charge in [0.1, 0.15) is 18.4 Å². The minimum atomic E-state index is -4.28. The van der Waals surface area contributed by atoms with Crippen molar-refractivity contribution in [3.63, 3.8) is 0 Å². The molecule has 0 fully saturated rings. The minimum absolute atomic E-state index is 0.0640. The average molecular weight is 581 g/mol. The summed E-state index contributed by atoms with van der Waals surface area (Å²) in [5.41, 5.74) is 1.66. The molecule has 1 N–H and O–H groups in total. The third-order valence-corrected chi connectivity index (χ3v) is 8.25. The van der Waals surface area contributed by atoms with Gasteiger partial charge in [-0.05, 0) is 74.9 Å². The lowest BCUT2D eigenvalue weighted by atomic mass is 10.1. The number of carbonyl (C=O) groups excluding carboxylic acids is 2. The molecule has 11 heteroatoms. The Balaban J connectivity index is 2.04. The third kappa shape index (κ3) is 7.03. The molecule has 0 bridgehead atoms. The van der Waals surface area contributed by atoms with Crippen molar-refractivity contribution >= 4 is 50.7 Å². The number of hydrogen-bond acceptors (Lipinski definition) is 4. The fourth-order valence-corrected chi connectivity index (χ4v) is 5.59. The van der Waals surface area contributed by atoms with Gasteiger partial charge < -0.3 is 10.2 Å². The van der Waals surface area contributed by atoms with Gasteiger partial charge in [0.25, 0.3) is 10.0 Å². The maximum Gasteiger partial charge on any atom is 0.264 e. The lowest BCUT2D eigenvalue weighted by Gasteiger charge is -2.32. The zero-order chi connectivity index (χ0) is 28.0. The quantitative estimate of drug-likeness (QED) is 0.358. The summed E-state index contributed by atoms with van der Waals surface area (Å²) in [7, 11) is -4.28. The van der Waals surface area contributed by atoms with Gasteiger partial charge in [0.2, 0.25) is 11.8 Å². The Labute approximate surface area is 232 Å². The van der Waals surface area contributed by atoms with Gasteiger partial charge in [-0.1, -0.05) is 47.0 Å². The Hall–Kier alpha value is -3.14. The molecule has 202 valence electrons. The lowest BCUT2D eigenvalue weighted by molar-refractivity contribution is -0.139. The molecular weight excluding hydrogens is 552 g/mol.